The van der Waals surface area contributed by atoms with E-state index in [4.69, 9.17) is 0 Å². The van der Waals surface area contributed by atoms with E-state index in [0.29, 0.717) is 10.8 Å². The van der Waals surface area contributed by atoms with Crippen molar-refractivity contribution in [2.45, 2.75) is 84.7 Å². The number of aliphatic hydroxyl groups is 1. The summed E-state index contributed by atoms with van der Waals surface area (Å²) in [5.41, 5.74) is 1.20. The van der Waals surface area contributed by atoms with Gasteiger partial charge in [-0.3, -0.25) is 0 Å². The van der Waals surface area contributed by atoms with Crippen molar-refractivity contribution < 1.29 is 5.11 Å². The molecule has 7 unspecified atom stereocenters. The summed E-state index contributed by atoms with van der Waals surface area (Å²) in [5, 5.41) is 10.1. The van der Waals surface area contributed by atoms with Crippen LogP contribution in [0.15, 0.2) is 0 Å². The smallest absolute Gasteiger partial charge is 0.0543 e. The van der Waals surface area contributed by atoms with Crippen molar-refractivity contribution in [2.75, 3.05) is 0 Å². The predicted octanol–water partition coefficient (Wildman–Crippen LogP) is 5.03. The molecule has 120 valence electrons. The predicted molar refractivity (Wildman–Crippen MR) is 86.9 cm³/mol. The Labute approximate surface area is 130 Å². The van der Waals surface area contributed by atoms with Gasteiger partial charge in [0.25, 0.3) is 0 Å². The summed E-state index contributed by atoms with van der Waals surface area (Å²) in [4.78, 5) is 0. The highest BCUT2D eigenvalue weighted by Crippen LogP contribution is 2.67. The van der Waals surface area contributed by atoms with Crippen LogP contribution in [0, 0.1) is 40.4 Å². The molecule has 0 amide bonds. The van der Waals surface area contributed by atoms with Gasteiger partial charge in [-0.25, -0.2) is 0 Å². The minimum atomic E-state index is -0.0000147. The highest BCUT2D eigenvalue weighted by Gasteiger charge is 2.59. The molecule has 0 aliphatic heterocycles. The Hall–Kier alpha value is -0.0400. The number of hydrogen-bond acceptors (Lipinski definition) is 1. The van der Waals surface area contributed by atoms with E-state index in [1.165, 1.54) is 44.9 Å². The van der Waals surface area contributed by atoms with Crippen molar-refractivity contribution in [3.8, 4) is 0 Å². The van der Waals surface area contributed by atoms with Gasteiger partial charge in [-0.05, 0) is 98.2 Å². The molecule has 0 aromatic heterocycles. The van der Waals surface area contributed by atoms with Crippen LogP contribution >= 0.6 is 0 Å². The first-order chi connectivity index (χ1) is 9.95. The van der Waals surface area contributed by atoms with Gasteiger partial charge in [0.2, 0.25) is 0 Å². The second-order valence-electron chi connectivity index (χ2n) is 9.61. The van der Waals surface area contributed by atoms with Crippen LogP contribution in [0.25, 0.3) is 0 Å². The van der Waals surface area contributed by atoms with Gasteiger partial charge < -0.3 is 5.11 Å². The second-order valence-corrected chi connectivity index (χ2v) is 9.61. The molecule has 0 radical (unpaired) electrons. The maximum absolute atomic E-state index is 10.1. The molecule has 4 aliphatic rings. The molecule has 0 heterocycles. The molecule has 4 aliphatic carbocycles. The van der Waals surface area contributed by atoms with E-state index < -0.39 is 0 Å². The third-order valence-corrected chi connectivity index (χ3v) is 9.11. The fourth-order valence-electron chi connectivity index (χ4n) is 7.50. The SMILES string of the molecule is CC1CCC2C3CCC4C[C@H](O)CCC4(C)C3CCC12C. The molecular formula is C20H34O. The Morgan fingerprint density at radius 2 is 1.52 bits per heavy atom. The molecule has 0 saturated heterocycles. The van der Waals surface area contributed by atoms with E-state index in [1.54, 1.807) is 0 Å². The van der Waals surface area contributed by atoms with Crippen LogP contribution in [0.2, 0.25) is 0 Å². The molecule has 1 N–H and O–H groups in total. The van der Waals surface area contributed by atoms with Crippen LogP contribution in [0.5, 0.6) is 0 Å². The minimum Gasteiger partial charge on any atom is -0.393 e. The molecule has 0 aromatic rings. The molecule has 1 heteroatoms. The second kappa shape index (κ2) is 4.73. The van der Waals surface area contributed by atoms with Gasteiger partial charge in [0, 0.05) is 0 Å². The molecule has 0 spiro atoms. The van der Waals surface area contributed by atoms with Crippen LogP contribution in [-0.2, 0) is 0 Å². The lowest BCUT2D eigenvalue weighted by molar-refractivity contribution is -0.125. The summed E-state index contributed by atoms with van der Waals surface area (Å²) in [5.74, 6) is 4.74. The first-order valence-electron chi connectivity index (χ1n) is 9.63. The standard InChI is InChI=1S/C20H34O/c1-13-4-7-17-16-6-5-14-12-15(21)8-10-20(14,3)18(16)9-11-19(13,17)2/h13-18,21H,4-12H2,1-3H3/t13?,14?,15-,16?,17?,18?,19?,20?/m1/s1. The average Bonchev–Trinajstić information content (AvgIpc) is 2.76. The summed E-state index contributed by atoms with van der Waals surface area (Å²) in [6.45, 7) is 7.73. The fourth-order valence-corrected chi connectivity index (χ4v) is 7.50. The highest BCUT2D eigenvalue weighted by molar-refractivity contribution is 5.08. The van der Waals surface area contributed by atoms with Crippen LogP contribution < -0.4 is 0 Å². The molecular weight excluding hydrogens is 256 g/mol. The van der Waals surface area contributed by atoms with Gasteiger partial charge in [-0.1, -0.05) is 20.8 Å². The maximum Gasteiger partial charge on any atom is 0.0543 e. The van der Waals surface area contributed by atoms with E-state index in [-0.39, 0.29) is 6.10 Å². The van der Waals surface area contributed by atoms with Crippen molar-refractivity contribution >= 4 is 0 Å². The quantitative estimate of drug-likeness (QED) is 0.663. The zero-order chi connectivity index (χ0) is 14.8. The summed E-state index contributed by atoms with van der Waals surface area (Å²) in [6.07, 6.45) is 12.2. The molecule has 0 aromatic carbocycles. The van der Waals surface area contributed by atoms with E-state index in [2.05, 4.69) is 20.8 Å². The number of fused-ring (bicyclic) bond motifs is 5. The van der Waals surface area contributed by atoms with E-state index in [0.717, 1.165) is 42.4 Å². The number of aliphatic hydroxyl groups excluding tert-OH is 1. The van der Waals surface area contributed by atoms with Crippen molar-refractivity contribution in [1.29, 1.82) is 0 Å². The Balaban J connectivity index is 1.62. The minimum absolute atomic E-state index is 0.0000147. The number of hydrogen-bond donors (Lipinski definition) is 1. The lowest BCUT2D eigenvalue weighted by Gasteiger charge is -2.60. The monoisotopic (exact) mass is 290 g/mol. The van der Waals surface area contributed by atoms with Gasteiger partial charge in [-0.2, -0.15) is 0 Å². The largest absolute Gasteiger partial charge is 0.393 e. The molecule has 21 heavy (non-hydrogen) atoms. The van der Waals surface area contributed by atoms with Crippen LogP contribution in [-0.4, -0.2) is 11.2 Å². The van der Waals surface area contributed by atoms with Crippen molar-refractivity contribution in [3.63, 3.8) is 0 Å². The van der Waals surface area contributed by atoms with Gasteiger partial charge in [-0.15, -0.1) is 0 Å². The topological polar surface area (TPSA) is 20.2 Å². The lowest BCUT2D eigenvalue weighted by atomic mass is 9.45. The summed E-state index contributed by atoms with van der Waals surface area (Å²) in [7, 11) is 0. The summed E-state index contributed by atoms with van der Waals surface area (Å²) < 4.78 is 0. The molecule has 4 rings (SSSR count). The van der Waals surface area contributed by atoms with E-state index >= 15 is 0 Å². The first-order valence-corrected chi connectivity index (χ1v) is 9.63. The first kappa shape index (κ1) is 14.5. The van der Waals surface area contributed by atoms with Crippen molar-refractivity contribution in [1.82, 2.24) is 0 Å². The van der Waals surface area contributed by atoms with Gasteiger partial charge in [0.15, 0.2) is 0 Å². The lowest BCUT2D eigenvalue weighted by Crippen LogP contribution is -2.53. The van der Waals surface area contributed by atoms with Gasteiger partial charge in [0.1, 0.15) is 0 Å². The van der Waals surface area contributed by atoms with Crippen LogP contribution in [0.1, 0.15) is 78.6 Å². The van der Waals surface area contributed by atoms with E-state index in [9.17, 15) is 5.11 Å². The van der Waals surface area contributed by atoms with E-state index in [1.807, 2.05) is 0 Å². The molecule has 1 nitrogen and oxygen atoms in total. The molecule has 4 saturated carbocycles. The van der Waals surface area contributed by atoms with Crippen LogP contribution in [0.4, 0.5) is 0 Å². The summed E-state index contributed by atoms with van der Waals surface area (Å²) in [6, 6.07) is 0. The Morgan fingerprint density at radius 3 is 2.33 bits per heavy atom. The molecule has 0 bridgehead atoms. The normalized spacial score (nSPS) is 60.0. The Kier molecular flexibility index (Phi) is 3.27. The zero-order valence-electron chi connectivity index (χ0n) is 14.3. The van der Waals surface area contributed by atoms with Gasteiger partial charge in [0.05, 0.1) is 6.10 Å². The van der Waals surface area contributed by atoms with Gasteiger partial charge >= 0.3 is 0 Å². The summed E-state index contributed by atoms with van der Waals surface area (Å²) >= 11 is 0. The Bertz CT molecular complexity index is 418. The average molecular weight is 290 g/mol. The zero-order valence-corrected chi connectivity index (χ0v) is 14.3. The maximum atomic E-state index is 10.1. The molecule has 8 atom stereocenters. The third kappa shape index (κ3) is 1.92. The number of rotatable bonds is 0. The van der Waals surface area contributed by atoms with Crippen molar-refractivity contribution in [3.05, 3.63) is 0 Å². The highest BCUT2D eigenvalue weighted by atomic mass is 16.3. The van der Waals surface area contributed by atoms with Crippen LogP contribution in [0.3, 0.4) is 0 Å². The third-order valence-electron chi connectivity index (χ3n) is 9.11. The van der Waals surface area contributed by atoms with Crippen molar-refractivity contribution in [2.24, 2.45) is 40.4 Å². The molecule has 4 fully saturated rings. The Morgan fingerprint density at radius 1 is 0.810 bits per heavy atom. The fraction of sp³-hybridized carbons (Fsp3) is 1.00.